The summed E-state index contributed by atoms with van der Waals surface area (Å²) in [5.74, 6) is 0.0499. The lowest BCUT2D eigenvalue weighted by Gasteiger charge is -2.36. The van der Waals surface area contributed by atoms with Crippen LogP contribution in [0.15, 0.2) is 66.7 Å². The number of carbonyl (C=O) groups is 1. The van der Waals surface area contributed by atoms with E-state index in [1.54, 1.807) is 12.1 Å². The van der Waals surface area contributed by atoms with Crippen molar-refractivity contribution in [3.8, 4) is 16.9 Å². The van der Waals surface area contributed by atoms with E-state index >= 15 is 0 Å². The van der Waals surface area contributed by atoms with E-state index in [2.05, 4.69) is 50.2 Å². The molecule has 0 spiro atoms. The second-order valence-electron chi connectivity index (χ2n) is 8.10. The highest BCUT2D eigenvalue weighted by molar-refractivity contribution is 5.88. The van der Waals surface area contributed by atoms with Gasteiger partial charge in [0.25, 0.3) is 0 Å². The first-order valence-electron chi connectivity index (χ1n) is 10.2. The average molecular weight is 386 g/mol. The molecule has 3 aromatic carbocycles. The van der Waals surface area contributed by atoms with Crippen molar-refractivity contribution in [1.29, 1.82) is 0 Å². The number of carboxylic acid groups (broad SMARTS) is 1. The van der Waals surface area contributed by atoms with E-state index in [0.717, 1.165) is 42.6 Å². The molecular formula is C26H26O3. The first-order valence-corrected chi connectivity index (χ1v) is 10.2. The van der Waals surface area contributed by atoms with Gasteiger partial charge in [-0.1, -0.05) is 49.4 Å². The van der Waals surface area contributed by atoms with Crippen molar-refractivity contribution in [3.63, 3.8) is 0 Å². The Hall–Kier alpha value is -3.07. The maximum absolute atomic E-state index is 11.0. The zero-order chi connectivity index (χ0) is 20.4. The summed E-state index contributed by atoms with van der Waals surface area (Å²) in [5, 5.41) is 9.07. The quantitative estimate of drug-likeness (QED) is 0.590. The predicted molar refractivity (Wildman–Crippen MR) is 116 cm³/mol. The Balaban J connectivity index is 1.51. The molecule has 1 N–H and O–H groups in total. The first-order chi connectivity index (χ1) is 14.0. The molecule has 3 aromatic rings. The van der Waals surface area contributed by atoms with Crippen LogP contribution < -0.4 is 4.74 Å². The molecule has 1 aliphatic rings. The SMILES string of the molecule is CCc1ccc(C[C@]2(C)CCc3cc(-c4ccc(C(=O)O)cc4)ccc3O2)cc1. The molecule has 4 rings (SSSR count). The highest BCUT2D eigenvalue weighted by Gasteiger charge is 2.31. The van der Waals surface area contributed by atoms with Gasteiger partial charge in [-0.15, -0.1) is 0 Å². The summed E-state index contributed by atoms with van der Waals surface area (Å²) in [6.07, 6.45) is 3.90. The van der Waals surface area contributed by atoms with Crippen LogP contribution in [0.2, 0.25) is 0 Å². The molecule has 0 saturated heterocycles. The minimum atomic E-state index is -0.904. The van der Waals surface area contributed by atoms with Crippen molar-refractivity contribution in [2.24, 2.45) is 0 Å². The van der Waals surface area contributed by atoms with Crippen LogP contribution in [0.4, 0.5) is 0 Å². The average Bonchev–Trinajstić information content (AvgIpc) is 2.74. The fourth-order valence-electron chi connectivity index (χ4n) is 4.02. The van der Waals surface area contributed by atoms with Crippen LogP contribution in [0, 0.1) is 0 Å². The van der Waals surface area contributed by atoms with E-state index in [1.807, 2.05) is 18.2 Å². The zero-order valence-electron chi connectivity index (χ0n) is 16.9. The second kappa shape index (κ2) is 7.75. The van der Waals surface area contributed by atoms with Gasteiger partial charge in [0.2, 0.25) is 0 Å². The number of aryl methyl sites for hydroxylation is 2. The Kier molecular flexibility index (Phi) is 5.14. The molecule has 1 aliphatic heterocycles. The molecule has 3 heteroatoms. The maximum Gasteiger partial charge on any atom is 0.335 e. The summed E-state index contributed by atoms with van der Waals surface area (Å²) in [6.45, 7) is 4.37. The monoisotopic (exact) mass is 386 g/mol. The second-order valence-corrected chi connectivity index (χ2v) is 8.10. The summed E-state index contributed by atoms with van der Waals surface area (Å²) in [4.78, 5) is 11.0. The summed E-state index contributed by atoms with van der Waals surface area (Å²) in [7, 11) is 0. The van der Waals surface area contributed by atoms with Crippen LogP contribution >= 0.6 is 0 Å². The van der Waals surface area contributed by atoms with Crippen molar-refractivity contribution in [1.82, 2.24) is 0 Å². The Morgan fingerprint density at radius 1 is 0.966 bits per heavy atom. The highest BCUT2D eigenvalue weighted by atomic mass is 16.5. The van der Waals surface area contributed by atoms with Crippen molar-refractivity contribution in [2.45, 2.75) is 45.1 Å². The van der Waals surface area contributed by atoms with Crippen LogP contribution in [0.5, 0.6) is 5.75 Å². The topological polar surface area (TPSA) is 46.5 Å². The Bertz CT molecular complexity index is 1020. The van der Waals surface area contributed by atoms with Crippen molar-refractivity contribution in [3.05, 3.63) is 89.0 Å². The molecule has 0 unspecified atom stereocenters. The molecule has 148 valence electrons. The van der Waals surface area contributed by atoms with E-state index < -0.39 is 5.97 Å². The third kappa shape index (κ3) is 4.19. The van der Waals surface area contributed by atoms with Crippen LogP contribution in [-0.4, -0.2) is 16.7 Å². The summed E-state index contributed by atoms with van der Waals surface area (Å²) < 4.78 is 6.44. The molecule has 0 bridgehead atoms. The smallest absolute Gasteiger partial charge is 0.335 e. The molecule has 1 atom stereocenters. The molecular weight excluding hydrogens is 360 g/mol. The van der Waals surface area contributed by atoms with Gasteiger partial charge >= 0.3 is 5.97 Å². The number of ether oxygens (including phenoxy) is 1. The minimum absolute atomic E-state index is 0.203. The normalized spacial score (nSPS) is 18.0. The maximum atomic E-state index is 11.0. The molecule has 0 aliphatic carbocycles. The minimum Gasteiger partial charge on any atom is -0.487 e. The van der Waals surface area contributed by atoms with Gasteiger partial charge in [-0.3, -0.25) is 0 Å². The highest BCUT2D eigenvalue weighted by Crippen LogP contribution is 2.37. The van der Waals surface area contributed by atoms with Crippen LogP contribution in [0.3, 0.4) is 0 Å². The third-order valence-corrected chi connectivity index (χ3v) is 5.81. The number of aromatic carboxylic acids is 1. The largest absolute Gasteiger partial charge is 0.487 e. The van der Waals surface area contributed by atoms with Crippen LogP contribution in [-0.2, 0) is 19.3 Å². The van der Waals surface area contributed by atoms with Crippen LogP contribution in [0.1, 0.15) is 47.3 Å². The molecule has 0 amide bonds. The van der Waals surface area contributed by atoms with Crippen LogP contribution in [0.25, 0.3) is 11.1 Å². The van der Waals surface area contributed by atoms with E-state index in [0.29, 0.717) is 5.56 Å². The fraction of sp³-hybridized carbons (Fsp3) is 0.269. The Labute approximate surface area is 172 Å². The predicted octanol–water partition coefficient (Wildman–Crippen LogP) is 5.94. The van der Waals surface area contributed by atoms with Crippen molar-refractivity contribution < 1.29 is 14.6 Å². The van der Waals surface area contributed by atoms with Gasteiger partial charge in [-0.2, -0.15) is 0 Å². The van der Waals surface area contributed by atoms with Gasteiger partial charge in [0.05, 0.1) is 5.56 Å². The Morgan fingerprint density at radius 2 is 1.62 bits per heavy atom. The number of benzene rings is 3. The van der Waals surface area contributed by atoms with Gasteiger partial charge in [-0.05, 0) is 78.3 Å². The van der Waals surface area contributed by atoms with Crippen molar-refractivity contribution in [2.75, 3.05) is 0 Å². The van der Waals surface area contributed by atoms with E-state index in [1.165, 1.54) is 16.7 Å². The van der Waals surface area contributed by atoms with E-state index in [9.17, 15) is 4.79 Å². The molecule has 0 radical (unpaired) electrons. The summed E-state index contributed by atoms with van der Waals surface area (Å²) in [6, 6.07) is 22.1. The molecule has 3 nitrogen and oxygen atoms in total. The number of carboxylic acids is 1. The number of fused-ring (bicyclic) bond motifs is 1. The van der Waals surface area contributed by atoms with Gasteiger partial charge < -0.3 is 9.84 Å². The standard InChI is InChI=1S/C26H26O3/c1-3-18-4-6-19(7-5-18)17-26(2)15-14-23-16-22(12-13-24(23)29-26)20-8-10-21(11-9-20)25(27)28/h4-13,16H,3,14-15,17H2,1-2H3,(H,27,28)/t26-/m0/s1. The molecule has 0 saturated carbocycles. The molecule has 0 fully saturated rings. The summed E-state index contributed by atoms with van der Waals surface area (Å²) >= 11 is 0. The number of rotatable bonds is 5. The number of hydrogen-bond acceptors (Lipinski definition) is 2. The van der Waals surface area contributed by atoms with Gasteiger partial charge in [0, 0.05) is 6.42 Å². The lowest BCUT2D eigenvalue weighted by atomic mass is 9.86. The molecule has 29 heavy (non-hydrogen) atoms. The fourth-order valence-corrected chi connectivity index (χ4v) is 4.02. The zero-order valence-corrected chi connectivity index (χ0v) is 16.9. The van der Waals surface area contributed by atoms with Gasteiger partial charge in [-0.25, -0.2) is 4.79 Å². The van der Waals surface area contributed by atoms with E-state index in [-0.39, 0.29) is 5.60 Å². The Morgan fingerprint density at radius 3 is 2.28 bits per heavy atom. The lowest BCUT2D eigenvalue weighted by Crippen LogP contribution is -2.38. The first kappa shape index (κ1) is 19.3. The molecule has 0 aromatic heterocycles. The van der Waals surface area contributed by atoms with Gasteiger partial charge in [0.15, 0.2) is 0 Å². The third-order valence-electron chi connectivity index (χ3n) is 5.81. The number of hydrogen-bond donors (Lipinski definition) is 1. The summed E-state index contributed by atoms with van der Waals surface area (Å²) in [5.41, 5.74) is 6.08. The molecule has 1 heterocycles. The lowest BCUT2D eigenvalue weighted by molar-refractivity contribution is 0.0654. The van der Waals surface area contributed by atoms with E-state index in [4.69, 9.17) is 9.84 Å². The van der Waals surface area contributed by atoms with Gasteiger partial charge in [0.1, 0.15) is 11.4 Å². The van der Waals surface area contributed by atoms with Crippen molar-refractivity contribution >= 4 is 5.97 Å².